The van der Waals surface area contributed by atoms with Crippen molar-refractivity contribution in [2.45, 2.75) is 20.0 Å². The summed E-state index contributed by atoms with van der Waals surface area (Å²) in [5.74, 6) is 0.0101. The molecular weight excluding hydrogens is 369 g/mol. The molecule has 2 rings (SSSR count). The number of benzene rings is 2. The van der Waals surface area contributed by atoms with Gasteiger partial charge in [-0.2, -0.15) is 13.2 Å². The SMILES string of the molecule is CCOc1ccccc1C(=O)N(CCN(C)C)c1ccc(C)c(C(F)(F)F)c1. The summed E-state index contributed by atoms with van der Waals surface area (Å²) in [6.45, 7) is 4.33. The van der Waals surface area contributed by atoms with Crippen molar-refractivity contribution < 1.29 is 22.7 Å². The van der Waals surface area contributed by atoms with Gasteiger partial charge in [-0.3, -0.25) is 4.79 Å². The Labute approximate surface area is 163 Å². The lowest BCUT2D eigenvalue weighted by molar-refractivity contribution is -0.138. The molecule has 1 amide bonds. The predicted octanol–water partition coefficient (Wildman–Crippen LogP) is 4.62. The number of rotatable bonds is 7. The van der Waals surface area contributed by atoms with Gasteiger partial charge in [0.05, 0.1) is 17.7 Å². The van der Waals surface area contributed by atoms with E-state index in [1.54, 1.807) is 37.3 Å². The first-order valence-corrected chi connectivity index (χ1v) is 9.01. The average molecular weight is 394 g/mol. The molecule has 0 aliphatic rings. The number of nitrogens with zero attached hydrogens (tertiary/aromatic N) is 2. The third-order valence-electron chi connectivity index (χ3n) is 4.27. The van der Waals surface area contributed by atoms with Crippen LogP contribution >= 0.6 is 0 Å². The monoisotopic (exact) mass is 394 g/mol. The Bertz CT molecular complexity index is 820. The Hall–Kier alpha value is -2.54. The quantitative estimate of drug-likeness (QED) is 0.687. The van der Waals surface area contributed by atoms with Crippen LogP contribution in [0, 0.1) is 6.92 Å². The fourth-order valence-corrected chi connectivity index (χ4v) is 2.80. The number of carbonyl (C=O) groups excluding carboxylic acids is 1. The molecule has 4 nitrogen and oxygen atoms in total. The number of halogens is 3. The van der Waals surface area contributed by atoms with E-state index in [0.717, 1.165) is 6.07 Å². The molecule has 0 saturated carbocycles. The first kappa shape index (κ1) is 21.8. The zero-order valence-corrected chi connectivity index (χ0v) is 16.5. The first-order chi connectivity index (χ1) is 13.1. The molecule has 0 saturated heterocycles. The first-order valence-electron chi connectivity index (χ1n) is 9.01. The van der Waals surface area contributed by atoms with E-state index in [1.807, 2.05) is 19.0 Å². The minimum absolute atomic E-state index is 0.117. The van der Waals surface area contributed by atoms with Gasteiger partial charge in [0.1, 0.15) is 5.75 Å². The highest BCUT2D eigenvalue weighted by atomic mass is 19.4. The number of likely N-dealkylation sites (N-methyl/N-ethyl adjacent to an activating group) is 1. The Kier molecular flexibility index (Phi) is 7.07. The lowest BCUT2D eigenvalue weighted by Gasteiger charge is -2.26. The van der Waals surface area contributed by atoms with Gasteiger partial charge in [0.2, 0.25) is 0 Å². The number of para-hydroxylation sites is 1. The van der Waals surface area contributed by atoms with E-state index >= 15 is 0 Å². The molecule has 152 valence electrons. The van der Waals surface area contributed by atoms with Gasteiger partial charge in [-0.1, -0.05) is 18.2 Å². The molecule has 0 radical (unpaired) electrons. The maximum atomic E-state index is 13.4. The van der Waals surface area contributed by atoms with Crippen molar-refractivity contribution in [1.82, 2.24) is 4.90 Å². The van der Waals surface area contributed by atoms with Gasteiger partial charge >= 0.3 is 6.18 Å². The summed E-state index contributed by atoms with van der Waals surface area (Å²) < 4.78 is 45.6. The number of alkyl halides is 3. The van der Waals surface area contributed by atoms with Gasteiger partial charge in [0, 0.05) is 18.8 Å². The smallest absolute Gasteiger partial charge is 0.416 e. The number of anilines is 1. The van der Waals surface area contributed by atoms with Crippen molar-refractivity contribution in [3.8, 4) is 5.75 Å². The lowest BCUT2D eigenvalue weighted by atomic mass is 10.1. The molecule has 2 aromatic carbocycles. The molecule has 0 heterocycles. The molecular formula is C21H25F3N2O2. The van der Waals surface area contributed by atoms with Gasteiger partial charge < -0.3 is 14.5 Å². The van der Waals surface area contributed by atoms with Crippen LogP contribution in [0.2, 0.25) is 0 Å². The molecule has 0 N–H and O–H groups in total. The average Bonchev–Trinajstić information content (AvgIpc) is 2.62. The van der Waals surface area contributed by atoms with Crippen molar-refractivity contribution >= 4 is 11.6 Å². The van der Waals surface area contributed by atoms with Gasteiger partial charge in [-0.15, -0.1) is 0 Å². The van der Waals surface area contributed by atoms with Crippen molar-refractivity contribution in [2.75, 3.05) is 38.7 Å². The summed E-state index contributed by atoms with van der Waals surface area (Å²) in [4.78, 5) is 16.5. The maximum Gasteiger partial charge on any atom is 0.416 e. The maximum absolute atomic E-state index is 13.4. The van der Waals surface area contributed by atoms with E-state index in [-0.39, 0.29) is 17.8 Å². The summed E-state index contributed by atoms with van der Waals surface area (Å²) in [6.07, 6.45) is -4.49. The van der Waals surface area contributed by atoms with Crippen LogP contribution in [0.4, 0.5) is 18.9 Å². The molecule has 0 aromatic heterocycles. The van der Waals surface area contributed by atoms with Gasteiger partial charge in [-0.05, 0) is 57.8 Å². The van der Waals surface area contributed by atoms with E-state index in [9.17, 15) is 18.0 Å². The largest absolute Gasteiger partial charge is 0.493 e. The second-order valence-electron chi connectivity index (χ2n) is 6.69. The van der Waals surface area contributed by atoms with Crippen molar-refractivity contribution in [3.05, 3.63) is 59.2 Å². The zero-order chi connectivity index (χ0) is 20.9. The molecule has 0 bridgehead atoms. The van der Waals surface area contributed by atoms with Crippen LogP contribution < -0.4 is 9.64 Å². The Balaban J connectivity index is 2.50. The predicted molar refractivity (Wildman–Crippen MR) is 104 cm³/mol. The van der Waals surface area contributed by atoms with Gasteiger partial charge in [0.15, 0.2) is 0 Å². The summed E-state index contributed by atoms with van der Waals surface area (Å²) in [5.41, 5.74) is -0.106. The summed E-state index contributed by atoms with van der Waals surface area (Å²) in [6, 6.07) is 10.7. The van der Waals surface area contributed by atoms with Crippen LogP contribution in [0.15, 0.2) is 42.5 Å². The highest BCUT2D eigenvalue weighted by Crippen LogP contribution is 2.35. The molecule has 7 heteroatoms. The number of hydrogen-bond donors (Lipinski definition) is 0. The van der Waals surface area contributed by atoms with Crippen LogP contribution in [0.25, 0.3) is 0 Å². The topological polar surface area (TPSA) is 32.8 Å². The highest BCUT2D eigenvalue weighted by Gasteiger charge is 2.33. The Morgan fingerprint density at radius 1 is 1.07 bits per heavy atom. The van der Waals surface area contributed by atoms with E-state index in [1.165, 1.54) is 17.9 Å². The summed E-state index contributed by atoms with van der Waals surface area (Å²) in [7, 11) is 3.68. The number of carbonyl (C=O) groups is 1. The second kappa shape index (κ2) is 9.10. The van der Waals surface area contributed by atoms with Crippen LogP contribution in [-0.4, -0.2) is 44.6 Å². The van der Waals surface area contributed by atoms with Crippen LogP contribution in [0.1, 0.15) is 28.4 Å². The molecule has 0 unspecified atom stereocenters. The number of hydrogen-bond acceptors (Lipinski definition) is 3. The highest BCUT2D eigenvalue weighted by molar-refractivity contribution is 6.08. The normalized spacial score (nSPS) is 11.6. The zero-order valence-electron chi connectivity index (χ0n) is 16.5. The number of amides is 1. The molecule has 28 heavy (non-hydrogen) atoms. The van der Waals surface area contributed by atoms with Crippen LogP contribution in [0.3, 0.4) is 0 Å². The summed E-state index contributed by atoms with van der Waals surface area (Å²) in [5, 5.41) is 0. The van der Waals surface area contributed by atoms with E-state index in [0.29, 0.717) is 24.5 Å². The second-order valence-corrected chi connectivity index (χ2v) is 6.69. The van der Waals surface area contributed by atoms with Crippen LogP contribution in [-0.2, 0) is 6.18 Å². The van der Waals surface area contributed by atoms with Gasteiger partial charge in [-0.25, -0.2) is 0 Å². The van der Waals surface area contributed by atoms with Gasteiger partial charge in [0.25, 0.3) is 5.91 Å². The molecule has 0 aliphatic heterocycles. The van der Waals surface area contributed by atoms with E-state index < -0.39 is 17.6 Å². The third kappa shape index (κ3) is 5.25. The molecule has 0 atom stereocenters. The Morgan fingerprint density at radius 2 is 1.75 bits per heavy atom. The standard InChI is InChI=1S/C21H25F3N2O2/c1-5-28-19-9-7-6-8-17(19)20(27)26(13-12-25(3)4)16-11-10-15(2)18(14-16)21(22,23)24/h6-11,14H,5,12-13H2,1-4H3. The Morgan fingerprint density at radius 3 is 2.36 bits per heavy atom. The van der Waals surface area contributed by atoms with Crippen molar-refractivity contribution in [3.63, 3.8) is 0 Å². The van der Waals surface area contributed by atoms with Crippen molar-refractivity contribution in [2.24, 2.45) is 0 Å². The van der Waals surface area contributed by atoms with E-state index in [4.69, 9.17) is 4.74 Å². The van der Waals surface area contributed by atoms with Crippen molar-refractivity contribution in [1.29, 1.82) is 0 Å². The fourth-order valence-electron chi connectivity index (χ4n) is 2.80. The number of ether oxygens (including phenoxy) is 1. The summed E-state index contributed by atoms with van der Waals surface area (Å²) >= 11 is 0. The molecule has 0 spiro atoms. The van der Waals surface area contributed by atoms with E-state index in [2.05, 4.69) is 0 Å². The minimum atomic E-state index is -4.49. The fraction of sp³-hybridized carbons (Fsp3) is 0.381. The van der Waals surface area contributed by atoms with Crippen LogP contribution in [0.5, 0.6) is 5.75 Å². The molecule has 0 fully saturated rings. The number of aryl methyl sites for hydroxylation is 1. The molecule has 2 aromatic rings. The molecule has 0 aliphatic carbocycles. The third-order valence-corrected chi connectivity index (χ3v) is 4.27. The lowest BCUT2D eigenvalue weighted by Crippen LogP contribution is -2.37. The minimum Gasteiger partial charge on any atom is -0.493 e.